The van der Waals surface area contributed by atoms with Crippen LogP contribution in [0.5, 0.6) is 0 Å². The summed E-state index contributed by atoms with van der Waals surface area (Å²) in [7, 11) is 3.67. The van der Waals surface area contributed by atoms with Crippen LogP contribution in [0.15, 0.2) is 55.0 Å². The second-order valence-electron chi connectivity index (χ2n) is 4.58. The summed E-state index contributed by atoms with van der Waals surface area (Å²) >= 11 is 0. The summed E-state index contributed by atoms with van der Waals surface area (Å²) in [6.45, 7) is 0. The third-order valence-corrected chi connectivity index (χ3v) is 2.71. The molecule has 0 saturated carbocycles. The zero-order valence-corrected chi connectivity index (χ0v) is 11.4. The minimum Gasteiger partial charge on any atom is -0.383 e. The molecule has 1 aromatic heterocycles. The van der Waals surface area contributed by atoms with Crippen LogP contribution in [-0.2, 0) is 0 Å². The predicted octanol–water partition coefficient (Wildman–Crippen LogP) is 3.01. The Kier molecular flexibility index (Phi) is 4.25. The van der Waals surface area contributed by atoms with Crippen molar-refractivity contribution in [3.05, 3.63) is 71.9 Å². The third-order valence-electron chi connectivity index (χ3n) is 2.71. The number of pyridine rings is 1. The average Bonchev–Trinajstić information content (AvgIpc) is 2.45. The van der Waals surface area contributed by atoms with Crippen LogP contribution in [-0.4, -0.2) is 29.8 Å². The fourth-order valence-corrected chi connectivity index (χ4v) is 1.84. The zero-order chi connectivity index (χ0) is 14.5. The molecule has 0 aliphatic heterocycles. The molecule has 0 amide bonds. The van der Waals surface area contributed by atoms with E-state index in [-0.39, 0.29) is 5.78 Å². The second kappa shape index (κ2) is 6.10. The van der Waals surface area contributed by atoms with E-state index in [4.69, 9.17) is 0 Å². The molecule has 0 aliphatic carbocycles. The minimum absolute atomic E-state index is 0.218. The Morgan fingerprint density at radius 2 is 1.85 bits per heavy atom. The number of aromatic nitrogens is 1. The molecule has 1 aromatic carbocycles. The lowest BCUT2D eigenvalue weighted by Gasteiger charge is -2.11. The number of allylic oxidation sites excluding steroid dienone is 1. The minimum atomic E-state index is -0.421. The number of carbonyl (C=O) groups excluding carboxylic acids is 1. The molecule has 4 heteroatoms. The maximum atomic E-state index is 13.3. The third kappa shape index (κ3) is 3.29. The molecule has 0 fully saturated rings. The molecular weight excluding hydrogens is 255 g/mol. The van der Waals surface area contributed by atoms with E-state index in [0.717, 1.165) is 5.56 Å². The van der Waals surface area contributed by atoms with Crippen molar-refractivity contribution < 1.29 is 9.18 Å². The van der Waals surface area contributed by atoms with Crippen LogP contribution in [0.1, 0.15) is 15.9 Å². The molecule has 0 unspecified atom stereocenters. The van der Waals surface area contributed by atoms with Crippen LogP contribution in [0.2, 0.25) is 0 Å². The van der Waals surface area contributed by atoms with Crippen molar-refractivity contribution in [1.82, 2.24) is 9.88 Å². The number of halogens is 1. The number of Topliss-reactive ketones (excluding diaryl/α,β-unsaturated/α-hetero) is 1. The Morgan fingerprint density at radius 1 is 1.15 bits per heavy atom. The summed E-state index contributed by atoms with van der Waals surface area (Å²) in [6, 6.07) is 9.21. The van der Waals surface area contributed by atoms with Gasteiger partial charge in [-0.25, -0.2) is 4.39 Å². The Morgan fingerprint density at radius 3 is 2.45 bits per heavy atom. The number of hydrogen-bond donors (Lipinski definition) is 0. The molecule has 0 radical (unpaired) electrons. The molecule has 2 rings (SSSR count). The van der Waals surface area contributed by atoms with Gasteiger partial charge in [0.1, 0.15) is 5.82 Å². The van der Waals surface area contributed by atoms with Crippen molar-refractivity contribution in [2.75, 3.05) is 14.1 Å². The lowest BCUT2D eigenvalue weighted by Crippen LogP contribution is -2.09. The monoisotopic (exact) mass is 270 g/mol. The Bertz CT molecular complexity index is 636. The van der Waals surface area contributed by atoms with Gasteiger partial charge in [0.25, 0.3) is 0 Å². The Labute approximate surface area is 117 Å². The number of nitrogens with zero attached hydrogens (tertiary/aromatic N) is 2. The molecule has 2 aromatic rings. The van der Waals surface area contributed by atoms with Crippen LogP contribution in [0, 0.1) is 5.82 Å². The average molecular weight is 270 g/mol. The molecule has 0 N–H and O–H groups in total. The first-order valence-electron chi connectivity index (χ1n) is 6.17. The SMILES string of the molecule is CN(C)C=C(C(=O)c1cccc(F)c1)c1ccncc1. The highest BCUT2D eigenvalue weighted by molar-refractivity contribution is 6.28. The molecule has 102 valence electrons. The van der Waals surface area contributed by atoms with Crippen LogP contribution in [0.3, 0.4) is 0 Å². The summed E-state index contributed by atoms with van der Waals surface area (Å²) in [5.41, 5.74) is 1.58. The van der Waals surface area contributed by atoms with E-state index in [2.05, 4.69) is 4.98 Å². The number of hydrogen-bond acceptors (Lipinski definition) is 3. The van der Waals surface area contributed by atoms with Gasteiger partial charge in [0.05, 0.1) is 0 Å². The fraction of sp³-hybridized carbons (Fsp3) is 0.125. The van der Waals surface area contributed by atoms with E-state index in [0.29, 0.717) is 11.1 Å². The number of rotatable bonds is 4. The highest BCUT2D eigenvalue weighted by atomic mass is 19.1. The number of carbonyl (C=O) groups is 1. The van der Waals surface area contributed by atoms with Crippen molar-refractivity contribution in [2.45, 2.75) is 0 Å². The van der Waals surface area contributed by atoms with Crippen LogP contribution >= 0.6 is 0 Å². The van der Waals surface area contributed by atoms with Crippen LogP contribution in [0.4, 0.5) is 4.39 Å². The lowest BCUT2D eigenvalue weighted by molar-refractivity contribution is 0.105. The Hall–Kier alpha value is -2.49. The first-order valence-corrected chi connectivity index (χ1v) is 6.17. The summed E-state index contributed by atoms with van der Waals surface area (Å²) < 4.78 is 13.3. The van der Waals surface area contributed by atoms with E-state index in [1.54, 1.807) is 41.7 Å². The Balaban J connectivity index is 2.45. The maximum absolute atomic E-state index is 13.3. The molecule has 0 saturated heterocycles. The van der Waals surface area contributed by atoms with E-state index in [1.165, 1.54) is 18.2 Å². The van der Waals surface area contributed by atoms with E-state index >= 15 is 0 Å². The first kappa shape index (κ1) is 13.9. The highest BCUT2D eigenvalue weighted by Gasteiger charge is 2.15. The van der Waals surface area contributed by atoms with Crippen molar-refractivity contribution in [3.8, 4) is 0 Å². The predicted molar refractivity (Wildman–Crippen MR) is 76.6 cm³/mol. The van der Waals surface area contributed by atoms with Gasteiger partial charge in [0.2, 0.25) is 0 Å². The summed E-state index contributed by atoms with van der Waals surface area (Å²) in [6.07, 6.45) is 4.97. The standard InChI is InChI=1S/C16H15FN2O/c1-19(2)11-15(12-6-8-18-9-7-12)16(20)13-4-3-5-14(17)10-13/h3-11H,1-2H3. The molecule has 0 spiro atoms. The van der Waals surface area contributed by atoms with Gasteiger partial charge in [-0.3, -0.25) is 9.78 Å². The highest BCUT2D eigenvalue weighted by Crippen LogP contribution is 2.20. The van der Waals surface area contributed by atoms with Gasteiger partial charge < -0.3 is 4.90 Å². The summed E-state index contributed by atoms with van der Waals surface area (Å²) in [4.78, 5) is 18.3. The van der Waals surface area contributed by atoms with Gasteiger partial charge >= 0.3 is 0 Å². The van der Waals surface area contributed by atoms with Crippen LogP contribution in [0.25, 0.3) is 5.57 Å². The van der Waals surface area contributed by atoms with Gasteiger partial charge in [-0.2, -0.15) is 0 Å². The maximum Gasteiger partial charge on any atom is 0.195 e. The van der Waals surface area contributed by atoms with Crippen molar-refractivity contribution in [3.63, 3.8) is 0 Å². The molecule has 3 nitrogen and oxygen atoms in total. The van der Waals surface area contributed by atoms with E-state index in [9.17, 15) is 9.18 Å². The molecule has 1 heterocycles. The molecule has 20 heavy (non-hydrogen) atoms. The van der Waals surface area contributed by atoms with Gasteiger partial charge in [-0.05, 0) is 29.8 Å². The van der Waals surface area contributed by atoms with Crippen molar-refractivity contribution in [1.29, 1.82) is 0 Å². The number of ketones is 1. The zero-order valence-electron chi connectivity index (χ0n) is 11.4. The normalized spacial score (nSPS) is 11.2. The topological polar surface area (TPSA) is 33.2 Å². The van der Waals surface area contributed by atoms with Gasteiger partial charge in [-0.1, -0.05) is 12.1 Å². The lowest BCUT2D eigenvalue weighted by atomic mass is 9.98. The van der Waals surface area contributed by atoms with Gasteiger partial charge in [0.15, 0.2) is 5.78 Å². The molecule has 0 atom stereocenters. The van der Waals surface area contributed by atoms with Crippen molar-refractivity contribution >= 4 is 11.4 Å². The van der Waals surface area contributed by atoms with Gasteiger partial charge in [-0.15, -0.1) is 0 Å². The quantitative estimate of drug-likeness (QED) is 0.632. The second-order valence-corrected chi connectivity index (χ2v) is 4.58. The van der Waals surface area contributed by atoms with E-state index < -0.39 is 5.82 Å². The molecular formula is C16H15FN2O. The summed E-state index contributed by atoms with van der Waals surface area (Å²) in [5, 5.41) is 0. The van der Waals surface area contributed by atoms with E-state index in [1.807, 2.05) is 14.1 Å². The van der Waals surface area contributed by atoms with Crippen molar-refractivity contribution in [2.24, 2.45) is 0 Å². The van der Waals surface area contributed by atoms with Gasteiger partial charge in [0, 0.05) is 43.8 Å². The smallest absolute Gasteiger partial charge is 0.195 e. The fourth-order valence-electron chi connectivity index (χ4n) is 1.84. The molecule has 0 bridgehead atoms. The van der Waals surface area contributed by atoms with Crippen LogP contribution < -0.4 is 0 Å². The first-order chi connectivity index (χ1) is 9.58. The molecule has 0 aliphatic rings. The number of benzene rings is 1. The largest absolute Gasteiger partial charge is 0.383 e. The summed E-state index contributed by atoms with van der Waals surface area (Å²) in [5.74, 6) is -0.640.